The Hall–Kier alpha value is -1.39. The van der Waals surface area contributed by atoms with Crippen LogP contribution in [0.4, 0.5) is 0 Å². The number of hydrogen-bond acceptors (Lipinski definition) is 4. The second-order valence-electron chi connectivity index (χ2n) is 3.63. The van der Waals surface area contributed by atoms with Crippen molar-refractivity contribution in [2.75, 3.05) is 7.05 Å². The van der Waals surface area contributed by atoms with Gasteiger partial charge in [-0.3, -0.25) is 9.88 Å². The highest BCUT2D eigenvalue weighted by Crippen LogP contribution is 2.07. The summed E-state index contributed by atoms with van der Waals surface area (Å²) in [5.74, 6) is 0. The highest BCUT2D eigenvalue weighted by Gasteiger charge is 2.04. The Balaban J connectivity index is 1.92. The lowest BCUT2D eigenvalue weighted by Gasteiger charge is -2.14. The van der Waals surface area contributed by atoms with Crippen molar-refractivity contribution in [2.45, 2.75) is 13.1 Å². The van der Waals surface area contributed by atoms with Crippen LogP contribution in [-0.2, 0) is 13.1 Å². The molecule has 4 nitrogen and oxygen atoms in total. The van der Waals surface area contributed by atoms with Gasteiger partial charge in [-0.05, 0) is 13.1 Å². The van der Waals surface area contributed by atoms with E-state index < -0.39 is 0 Å². The Morgan fingerprint density at radius 1 is 1.31 bits per heavy atom. The molecular weight excluding hydrogens is 226 g/mol. The summed E-state index contributed by atoms with van der Waals surface area (Å²) in [6, 6.07) is 1.95. The van der Waals surface area contributed by atoms with Gasteiger partial charge in [-0.15, -0.1) is 0 Å². The van der Waals surface area contributed by atoms with E-state index in [4.69, 9.17) is 16.0 Å². The van der Waals surface area contributed by atoms with Gasteiger partial charge in [-0.25, -0.2) is 4.98 Å². The van der Waals surface area contributed by atoms with Crippen LogP contribution in [0.15, 0.2) is 35.4 Å². The Morgan fingerprint density at radius 2 is 2.19 bits per heavy atom. The predicted molar refractivity (Wildman–Crippen MR) is 60.9 cm³/mol. The predicted octanol–water partition coefficient (Wildman–Crippen LogP) is 2.36. The molecule has 0 radical (unpaired) electrons. The first-order valence-electron chi connectivity index (χ1n) is 4.90. The molecule has 0 aromatic carbocycles. The third-order valence-electron chi connectivity index (χ3n) is 2.14. The molecule has 0 amide bonds. The first kappa shape index (κ1) is 11.1. The maximum atomic E-state index is 5.66. The van der Waals surface area contributed by atoms with Gasteiger partial charge in [0.05, 0.1) is 30.6 Å². The van der Waals surface area contributed by atoms with E-state index in [9.17, 15) is 0 Å². The fourth-order valence-corrected chi connectivity index (χ4v) is 1.54. The van der Waals surface area contributed by atoms with Crippen LogP contribution in [0.1, 0.15) is 11.3 Å². The fraction of sp³-hybridized carbons (Fsp3) is 0.273. The molecule has 0 atom stereocenters. The van der Waals surface area contributed by atoms with E-state index in [0.29, 0.717) is 5.15 Å². The maximum Gasteiger partial charge on any atom is 0.147 e. The van der Waals surface area contributed by atoms with E-state index >= 15 is 0 Å². The van der Waals surface area contributed by atoms with Crippen LogP contribution in [0, 0.1) is 0 Å². The molecular formula is C11H12ClN3O. The van der Waals surface area contributed by atoms with Crippen molar-refractivity contribution in [3.05, 3.63) is 47.4 Å². The van der Waals surface area contributed by atoms with Gasteiger partial charge in [0.15, 0.2) is 0 Å². The molecule has 0 bridgehead atoms. The quantitative estimate of drug-likeness (QED) is 0.819. The molecule has 0 unspecified atom stereocenters. The zero-order valence-electron chi connectivity index (χ0n) is 8.93. The number of hydrogen-bond donors (Lipinski definition) is 0. The lowest BCUT2D eigenvalue weighted by atomic mass is 10.3. The first-order valence-corrected chi connectivity index (χ1v) is 5.28. The second-order valence-corrected chi connectivity index (χ2v) is 4.02. The number of aromatic nitrogens is 2. The Bertz CT molecular complexity index is 427. The molecule has 0 aliphatic heterocycles. The number of rotatable bonds is 4. The molecule has 0 aliphatic carbocycles. The smallest absolute Gasteiger partial charge is 0.147 e. The molecule has 0 saturated heterocycles. The van der Waals surface area contributed by atoms with Gasteiger partial charge in [0.1, 0.15) is 5.15 Å². The van der Waals surface area contributed by atoms with Crippen LogP contribution in [0.3, 0.4) is 0 Å². The van der Waals surface area contributed by atoms with Crippen LogP contribution < -0.4 is 0 Å². The number of halogens is 1. The monoisotopic (exact) mass is 237 g/mol. The number of nitrogens with zero attached hydrogens (tertiary/aromatic N) is 3. The highest BCUT2D eigenvalue weighted by atomic mass is 35.5. The van der Waals surface area contributed by atoms with Crippen LogP contribution >= 0.6 is 11.6 Å². The van der Waals surface area contributed by atoms with Crippen LogP contribution in [0.5, 0.6) is 0 Å². The SMILES string of the molecule is CN(Cc1ccoc1)Cc1cnc(Cl)cn1. The molecule has 2 rings (SSSR count). The van der Waals surface area contributed by atoms with Gasteiger partial charge in [0, 0.05) is 18.7 Å². The maximum absolute atomic E-state index is 5.66. The van der Waals surface area contributed by atoms with Crippen LogP contribution in [0.2, 0.25) is 5.15 Å². The molecule has 0 spiro atoms. The second kappa shape index (κ2) is 5.09. The molecule has 16 heavy (non-hydrogen) atoms. The summed E-state index contributed by atoms with van der Waals surface area (Å²) in [6.07, 6.45) is 6.66. The summed E-state index contributed by atoms with van der Waals surface area (Å²) < 4.78 is 5.01. The summed E-state index contributed by atoms with van der Waals surface area (Å²) in [4.78, 5) is 10.3. The topological polar surface area (TPSA) is 42.2 Å². The third kappa shape index (κ3) is 3.05. The summed E-state index contributed by atoms with van der Waals surface area (Å²) in [6.45, 7) is 1.55. The number of furan rings is 1. The Kier molecular flexibility index (Phi) is 3.54. The summed E-state index contributed by atoms with van der Waals surface area (Å²) in [5.41, 5.74) is 2.04. The molecule has 0 N–H and O–H groups in total. The van der Waals surface area contributed by atoms with E-state index in [1.807, 2.05) is 13.1 Å². The van der Waals surface area contributed by atoms with Gasteiger partial charge in [0.25, 0.3) is 0 Å². The molecule has 5 heteroatoms. The average molecular weight is 238 g/mol. The minimum Gasteiger partial charge on any atom is -0.472 e. The van der Waals surface area contributed by atoms with Gasteiger partial charge in [-0.1, -0.05) is 11.6 Å². The lowest BCUT2D eigenvalue weighted by molar-refractivity contribution is 0.313. The summed E-state index contributed by atoms with van der Waals surface area (Å²) >= 11 is 5.66. The first-order chi connectivity index (χ1) is 7.74. The summed E-state index contributed by atoms with van der Waals surface area (Å²) in [7, 11) is 2.02. The van der Waals surface area contributed by atoms with Crippen LogP contribution in [0.25, 0.3) is 0 Å². The molecule has 0 aliphatic rings. The van der Waals surface area contributed by atoms with Gasteiger partial charge in [-0.2, -0.15) is 0 Å². The third-order valence-corrected chi connectivity index (χ3v) is 2.33. The molecule has 84 valence electrons. The highest BCUT2D eigenvalue weighted by molar-refractivity contribution is 6.29. The Morgan fingerprint density at radius 3 is 2.81 bits per heavy atom. The van der Waals surface area contributed by atoms with Crippen molar-refractivity contribution in [1.82, 2.24) is 14.9 Å². The minimum absolute atomic E-state index is 0.418. The molecule has 0 fully saturated rings. The van der Waals surface area contributed by atoms with Gasteiger partial charge < -0.3 is 4.42 Å². The van der Waals surface area contributed by atoms with E-state index in [1.165, 1.54) is 0 Å². The zero-order valence-corrected chi connectivity index (χ0v) is 9.68. The van der Waals surface area contributed by atoms with Gasteiger partial charge >= 0.3 is 0 Å². The Labute approximate surface area is 98.9 Å². The molecule has 0 saturated carbocycles. The lowest BCUT2D eigenvalue weighted by Crippen LogP contribution is -2.17. The van der Waals surface area contributed by atoms with E-state index in [-0.39, 0.29) is 0 Å². The van der Waals surface area contributed by atoms with Gasteiger partial charge in [0.2, 0.25) is 0 Å². The van der Waals surface area contributed by atoms with Crippen molar-refractivity contribution in [2.24, 2.45) is 0 Å². The van der Waals surface area contributed by atoms with Crippen molar-refractivity contribution < 1.29 is 4.42 Å². The molecule has 2 aromatic rings. The average Bonchev–Trinajstić information content (AvgIpc) is 2.74. The normalized spacial score (nSPS) is 10.9. The van der Waals surface area contributed by atoms with E-state index in [2.05, 4.69) is 14.9 Å². The molecule has 2 heterocycles. The van der Waals surface area contributed by atoms with E-state index in [0.717, 1.165) is 24.3 Å². The van der Waals surface area contributed by atoms with Crippen molar-refractivity contribution in [1.29, 1.82) is 0 Å². The zero-order chi connectivity index (χ0) is 11.4. The van der Waals surface area contributed by atoms with Crippen LogP contribution in [-0.4, -0.2) is 21.9 Å². The van der Waals surface area contributed by atoms with Crippen molar-refractivity contribution in [3.8, 4) is 0 Å². The largest absolute Gasteiger partial charge is 0.472 e. The molecule has 2 aromatic heterocycles. The van der Waals surface area contributed by atoms with Crippen molar-refractivity contribution >= 4 is 11.6 Å². The standard InChI is InChI=1S/C11H12ClN3O/c1-15(6-9-2-3-16-8-9)7-10-4-14-11(12)5-13-10/h2-5,8H,6-7H2,1H3. The minimum atomic E-state index is 0.418. The van der Waals surface area contributed by atoms with Crippen molar-refractivity contribution in [3.63, 3.8) is 0 Å². The van der Waals surface area contributed by atoms with E-state index in [1.54, 1.807) is 24.9 Å². The fourth-order valence-electron chi connectivity index (χ4n) is 1.45. The summed E-state index contributed by atoms with van der Waals surface area (Å²) in [5, 5.41) is 0.418.